The lowest BCUT2D eigenvalue weighted by Crippen LogP contribution is -2.47. The Kier molecular flexibility index (Phi) is 5.35. The average molecular weight is 285 g/mol. The molecule has 0 heterocycles. The van der Waals surface area contributed by atoms with Gasteiger partial charge in [0.15, 0.2) is 0 Å². The van der Waals surface area contributed by atoms with E-state index in [1.807, 2.05) is 0 Å². The minimum absolute atomic E-state index is 0.0289. The van der Waals surface area contributed by atoms with Crippen molar-refractivity contribution in [2.45, 2.75) is 25.7 Å². The Bertz CT molecular complexity index is 389. The number of amides is 3. The molecule has 114 valence electrons. The maximum Gasteiger partial charge on any atom is 0.317 e. The maximum absolute atomic E-state index is 11.9. The zero-order chi connectivity index (χ0) is 15.3. The largest absolute Gasteiger partial charge is 0.481 e. The van der Waals surface area contributed by atoms with Crippen LogP contribution in [0.3, 0.4) is 0 Å². The van der Waals surface area contributed by atoms with E-state index in [-0.39, 0.29) is 19.0 Å². The predicted molar refractivity (Wildman–Crippen MR) is 73.3 cm³/mol. The molecule has 7 heteroatoms. The molecule has 1 rings (SSSR count). The second-order valence-electron chi connectivity index (χ2n) is 5.60. The lowest BCUT2D eigenvalue weighted by Gasteiger charge is -2.26. The van der Waals surface area contributed by atoms with Crippen LogP contribution in [-0.2, 0) is 9.59 Å². The number of hydrogen-bond acceptors (Lipinski definition) is 3. The minimum atomic E-state index is -0.859. The monoisotopic (exact) mass is 285 g/mol. The predicted octanol–water partition coefficient (Wildman–Crippen LogP) is 0.361. The van der Waals surface area contributed by atoms with Crippen molar-refractivity contribution in [3.05, 3.63) is 0 Å². The molecule has 20 heavy (non-hydrogen) atoms. The second kappa shape index (κ2) is 6.58. The first-order valence-electron chi connectivity index (χ1n) is 6.71. The number of carboxylic acid groups (broad SMARTS) is 1. The summed E-state index contributed by atoms with van der Waals surface area (Å²) in [5.74, 6) is -1.04. The van der Waals surface area contributed by atoms with E-state index in [4.69, 9.17) is 0 Å². The van der Waals surface area contributed by atoms with Gasteiger partial charge in [-0.3, -0.25) is 9.59 Å². The van der Waals surface area contributed by atoms with E-state index in [1.54, 1.807) is 14.1 Å². The molecule has 0 saturated heterocycles. The van der Waals surface area contributed by atoms with Crippen LogP contribution in [-0.4, -0.2) is 67.0 Å². The zero-order valence-corrected chi connectivity index (χ0v) is 12.3. The molecule has 0 unspecified atom stereocenters. The van der Waals surface area contributed by atoms with Crippen molar-refractivity contribution in [3.8, 4) is 0 Å². The quantitative estimate of drug-likeness (QED) is 0.763. The Balaban J connectivity index is 2.49. The maximum atomic E-state index is 11.9. The first-order valence-corrected chi connectivity index (χ1v) is 6.71. The molecule has 0 bridgehead atoms. The minimum Gasteiger partial charge on any atom is -0.481 e. The molecule has 0 aromatic heterocycles. The highest BCUT2D eigenvalue weighted by atomic mass is 16.4. The van der Waals surface area contributed by atoms with Gasteiger partial charge in [0.05, 0.1) is 5.41 Å². The third kappa shape index (κ3) is 3.85. The molecule has 7 nitrogen and oxygen atoms in total. The number of rotatable bonds is 5. The number of nitrogens with one attached hydrogen (secondary N) is 1. The van der Waals surface area contributed by atoms with Gasteiger partial charge in [0, 0.05) is 27.7 Å². The van der Waals surface area contributed by atoms with E-state index in [1.165, 1.54) is 16.8 Å². The molecule has 0 aromatic carbocycles. The highest BCUT2D eigenvalue weighted by molar-refractivity contribution is 5.84. The summed E-state index contributed by atoms with van der Waals surface area (Å²) in [6, 6.07) is -0.423. The standard InChI is InChI=1S/C13H23N3O4/c1-15(2)10(17)8-16(3)12(20)14-9-13(11(18)19)6-4-5-7-13/h4-9H2,1-3H3,(H,14,20)(H,18,19). The summed E-state index contributed by atoms with van der Waals surface area (Å²) in [7, 11) is 4.75. The van der Waals surface area contributed by atoms with Crippen LogP contribution in [0.25, 0.3) is 0 Å². The Morgan fingerprint density at radius 1 is 1.15 bits per heavy atom. The van der Waals surface area contributed by atoms with E-state index >= 15 is 0 Å². The van der Waals surface area contributed by atoms with E-state index in [9.17, 15) is 19.5 Å². The van der Waals surface area contributed by atoms with Gasteiger partial charge in [-0.15, -0.1) is 0 Å². The molecular weight excluding hydrogens is 262 g/mol. The van der Waals surface area contributed by atoms with Crippen molar-refractivity contribution in [1.82, 2.24) is 15.1 Å². The Labute approximate surface area is 118 Å². The first kappa shape index (κ1) is 16.3. The molecule has 1 fully saturated rings. The number of likely N-dealkylation sites (N-methyl/N-ethyl adjacent to an activating group) is 2. The van der Waals surface area contributed by atoms with Gasteiger partial charge in [0.2, 0.25) is 5.91 Å². The fourth-order valence-electron chi connectivity index (χ4n) is 2.31. The van der Waals surface area contributed by atoms with Crippen molar-refractivity contribution >= 4 is 17.9 Å². The Morgan fingerprint density at radius 3 is 2.15 bits per heavy atom. The summed E-state index contributed by atoms with van der Waals surface area (Å²) in [6.45, 7) is 0.0839. The summed E-state index contributed by atoms with van der Waals surface area (Å²) in [5, 5.41) is 11.9. The number of carboxylic acids is 1. The third-order valence-electron chi connectivity index (χ3n) is 3.81. The van der Waals surface area contributed by atoms with E-state index < -0.39 is 17.4 Å². The summed E-state index contributed by atoms with van der Waals surface area (Å²) in [4.78, 5) is 37.4. The summed E-state index contributed by atoms with van der Waals surface area (Å²) in [6.07, 6.45) is 2.92. The van der Waals surface area contributed by atoms with Crippen LogP contribution in [0.15, 0.2) is 0 Å². The van der Waals surface area contributed by atoms with Crippen LogP contribution in [0, 0.1) is 5.41 Å². The van der Waals surface area contributed by atoms with Crippen molar-refractivity contribution in [3.63, 3.8) is 0 Å². The molecular formula is C13H23N3O4. The third-order valence-corrected chi connectivity index (χ3v) is 3.81. The summed E-state index contributed by atoms with van der Waals surface area (Å²) < 4.78 is 0. The number of nitrogens with zero attached hydrogens (tertiary/aromatic N) is 2. The second-order valence-corrected chi connectivity index (χ2v) is 5.60. The van der Waals surface area contributed by atoms with Gasteiger partial charge in [-0.2, -0.15) is 0 Å². The molecule has 3 amide bonds. The first-order chi connectivity index (χ1) is 9.28. The van der Waals surface area contributed by atoms with Gasteiger partial charge >= 0.3 is 12.0 Å². The SMILES string of the molecule is CN(C)C(=O)CN(C)C(=O)NCC1(C(=O)O)CCCC1. The van der Waals surface area contributed by atoms with E-state index in [0.717, 1.165) is 12.8 Å². The molecule has 1 aliphatic carbocycles. The fourth-order valence-corrected chi connectivity index (χ4v) is 2.31. The van der Waals surface area contributed by atoms with Crippen LogP contribution >= 0.6 is 0 Å². The van der Waals surface area contributed by atoms with Crippen molar-refractivity contribution in [1.29, 1.82) is 0 Å². The van der Waals surface area contributed by atoms with Gasteiger partial charge in [-0.1, -0.05) is 12.8 Å². The number of carbonyl (C=O) groups excluding carboxylic acids is 2. The number of aliphatic carboxylic acids is 1. The molecule has 0 spiro atoms. The smallest absolute Gasteiger partial charge is 0.317 e. The van der Waals surface area contributed by atoms with E-state index in [0.29, 0.717) is 12.8 Å². The van der Waals surface area contributed by atoms with Gasteiger partial charge in [-0.05, 0) is 12.8 Å². The number of hydrogen-bond donors (Lipinski definition) is 2. The highest BCUT2D eigenvalue weighted by Crippen LogP contribution is 2.37. The van der Waals surface area contributed by atoms with Crippen LogP contribution in [0.4, 0.5) is 4.79 Å². The van der Waals surface area contributed by atoms with Crippen molar-refractivity contribution in [2.24, 2.45) is 5.41 Å². The normalized spacial score (nSPS) is 16.6. The topological polar surface area (TPSA) is 90.0 Å². The van der Waals surface area contributed by atoms with Gasteiger partial charge in [0.1, 0.15) is 6.54 Å². The molecule has 1 aliphatic rings. The average Bonchev–Trinajstić information content (AvgIpc) is 2.85. The van der Waals surface area contributed by atoms with Gasteiger partial charge < -0.3 is 20.2 Å². The van der Waals surface area contributed by atoms with Crippen LogP contribution in [0.1, 0.15) is 25.7 Å². The zero-order valence-electron chi connectivity index (χ0n) is 12.3. The fraction of sp³-hybridized carbons (Fsp3) is 0.769. The van der Waals surface area contributed by atoms with Crippen LogP contribution < -0.4 is 5.32 Å². The summed E-state index contributed by atoms with van der Waals surface area (Å²) >= 11 is 0. The number of carbonyl (C=O) groups is 3. The molecule has 0 aliphatic heterocycles. The van der Waals surface area contributed by atoms with E-state index in [2.05, 4.69) is 5.32 Å². The lowest BCUT2D eigenvalue weighted by atomic mass is 9.86. The van der Waals surface area contributed by atoms with Crippen LogP contribution in [0.2, 0.25) is 0 Å². The Hall–Kier alpha value is -1.79. The van der Waals surface area contributed by atoms with Gasteiger partial charge in [-0.25, -0.2) is 4.79 Å². The Morgan fingerprint density at radius 2 is 1.70 bits per heavy atom. The highest BCUT2D eigenvalue weighted by Gasteiger charge is 2.41. The van der Waals surface area contributed by atoms with Crippen LogP contribution in [0.5, 0.6) is 0 Å². The summed E-state index contributed by atoms with van der Waals surface area (Å²) in [5.41, 5.74) is -0.845. The molecule has 0 atom stereocenters. The molecule has 0 aromatic rings. The van der Waals surface area contributed by atoms with Crippen molar-refractivity contribution < 1.29 is 19.5 Å². The molecule has 0 radical (unpaired) electrons. The molecule has 2 N–H and O–H groups in total. The lowest BCUT2D eigenvalue weighted by molar-refractivity contribution is -0.148. The van der Waals surface area contributed by atoms with Crippen molar-refractivity contribution in [2.75, 3.05) is 34.2 Å². The van der Waals surface area contributed by atoms with Gasteiger partial charge in [0.25, 0.3) is 0 Å². The number of urea groups is 1. The molecule has 1 saturated carbocycles.